The highest BCUT2D eigenvalue weighted by molar-refractivity contribution is 6.33. The molecule has 0 saturated carbocycles. The average Bonchev–Trinajstić information content (AvgIpc) is 3.32. The Morgan fingerprint density at radius 3 is 2.56 bits per heavy atom. The van der Waals surface area contributed by atoms with Crippen LogP contribution in [0, 0.1) is 0 Å². The monoisotopic (exact) mass is 442 g/mol. The zero-order valence-electron chi connectivity index (χ0n) is 17.0. The molecule has 0 saturated heterocycles. The van der Waals surface area contributed by atoms with Gasteiger partial charge in [-0.05, 0) is 23.8 Å². The van der Waals surface area contributed by atoms with Crippen LogP contribution < -0.4 is 10.4 Å². The van der Waals surface area contributed by atoms with Crippen LogP contribution in [0.1, 0.15) is 11.7 Å². The number of imidazole rings is 1. The molecular weight excluding hydrogens is 424 g/mol. The molecule has 5 rings (SSSR count). The van der Waals surface area contributed by atoms with Gasteiger partial charge in [-0.15, -0.1) is 0 Å². The summed E-state index contributed by atoms with van der Waals surface area (Å²) >= 11 is 6.38. The third-order valence-corrected chi connectivity index (χ3v) is 5.60. The highest BCUT2D eigenvalue weighted by Gasteiger charge is 2.16. The Kier molecular flexibility index (Phi) is 5.48. The summed E-state index contributed by atoms with van der Waals surface area (Å²) < 4.78 is 13.8. The van der Waals surface area contributed by atoms with E-state index in [9.17, 15) is 4.79 Å². The maximum atomic E-state index is 12.3. The number of halogens is 1. The van der Waals surface area contributed by atoms with E-state index in [1.807, 2.05) is 71.4 Å². The van der Waals surface area contributed by atoms with Gasteiger partial charge in [-0.25, -0.2) is 9.78 Å². The standard InChI is InChI=1S/C26H19ClN2O3/c27-23-9-5-4-8-20(23)22-15-26(30)32-24-14-19(10-11-21(22)24)31-25(16-29-13-12-28-17-29)18-6-2-1-3-7-18/h1-15,17,25H,16H2. The van der Waals surface area contributed by atoms with Gasteiger partial charge in [0.2, 0.25) is 0 Å². The normalized spacial score (nSPS) is 12.0. The Hall–Kier alpha value is -3.83. The number of nitrogens with zero attached hydrogens (tertiary/aromatic N) is 2. The molecular formula is C26H19ClN2O3. The third kappa shape index (κ3) is 4.15. The Bertz CT molecular complexity index is 1410. The number of ether oxygens (including phenoxy) is 1. The van der Waals surface area contributed by atoms with Crippen LogP contribution in [0.3, 0.4) is 0 Å². The topological polar surface area (TPSA) is 57.3 Å². The largest absolute Gasteiger partial charge is 0.484 e. The predicted octanol–water partition coefficient (Wildman–Crippen LogP) is 6.13. The summed E-state index contributed by atoms with van der Waals surface area (Å²) in [5.74, 6) is 0.603. The second-order valence-electron chi connectivity index (χ2n) is 7.39. The minimum absolute atomic E-state index is 0.249. The fourth-order valence-corrected chi connectivity index (χ4v) is 3.99. The molecule has 0 amide bonds. The summed E-state index contributed by atoms with van der Waals surface area (Å²) in [6, 6.07) is 24.4. The van der Waals surface area contributed by atoms with Crippen molar-refractivity contribution < 1.29 is 9.15 Å². The minimum atomic E-state index is -0.442. The third-order valence-electron chi connectivity index (χ3n) is 5.27. The molecule has 0 bridgehead atoms. The molecule has 1 atom stereocenters. The number of hydrogen-bond donors (Lipinski definition) is 0. The van der Waals surface area contributed by atoms with Gasteiger partial charge in [-0.1, -0.05) is 60.1 Å². The summed E-state index contributed by atoms with van der Waals surface area (Å²) in [7, 11) is 0. The van der Waals surface area contributed by atoms with E-state index in [1.54, 1.807) is 24.7 Å². The van der Waals surface area contributed by atoms with Gasteiger partial charge in [0, 0.05) is 46.1 Å². The van der Waals surface area contributed by atoms with E-state index in [0.29, 0.717) is 22.9 Å². The fraction of sp³-hybridized carbons (Fsp3) is 0.0769. The number of benzene rings is 3. The number of fused-ring (bicyclic) bond motifs is 1. The van der Waals surface area contributed by atoms with E-state index < -0.39 is 5.63 Å². The SMILES string of the molecule is O=c1cc(-c2ccccc2Cl)c2ccc(OC(Cn3ccnc3)c3ccccc3)cc2o1. The molecule has 5 nitrogen and oxygen atoms in total. The van der Waals surface area contributed by atoms with Crippen molar-refractivity contribution in [2.24, 2.45) is 0 Å². The molecule has 1 unspecified atom stereocenters. The maximum Gasteiger partial charge on any atom is 0.336 e. The molecule has 2 aromatic heterocycles. The number of aromatic nitrogens is 2. The summed E-state index contributed by atoms with van der Waals surface area (Å²) in [6.07, 6.45) is 5.15. The van der Waals surface area contributed by atoms with Crippen LogP contribution in [0.5, 0.6) is 5.75 Å². The van der Waals surface area contributed by atoms with Crippen molar-refractivity contribution in [3.63, 3.8) is 0 Å². The molecule has 0 radical (unpaired) electrons. The van der Waals surface area contributed by atoms with Crippen molar-refractivity contribution in [3.05, 3.63) is 119 Å². The van der Waals surface area contributed by atoms with Crippen molar-refractivity contribution >= 4 is 22.6 Å². The molecule has 2 heterocycles. The number of rotatable bonds is 6. The van der Waals surface area contributed by atoms with Gasteiger partial charge in [0.15, 0.2) is 0 Å². The second-order valence-corrected chi connectivity index (χ2v) is 7.80. The van der Waals surface area contributed by atoms with Crippen LogP contribution in [-0.2, 0) is 6.54 Å². The van der Waals surface area contributed by atoms with E-state index in [0.717, 1.165) is 22.1 Å². The molecule has 0 aliphatic heterocycles. The molecule has 32 heavy (non-hydrogen) atoms. The fourth-order valence-electron chi connectivity index (χ4n) is 3.75. The summed E-state index contributed by atoms with van der Waals surface area (Å²) in [4.78, 5) is 16.4. The van der Waals surface area contributed by atoms with E-state index in [1.165, 1.54) is 6.07 Å². The highest BCUT2D eigenvalue weighted by Crippen LogP contribution is 2.34. The lowest BCUT2D eigenvalue weighted by molar-refractivity contribution is 0.183. The van der Waals surface area contributed by atoms with Gasteiger partial charge in [-0.2, -0.15) is 0 Å². The van der Waals surface area contributed by atoms with Gasteiger partial charge in [-0.3, -0.25) is 0 Å². The van der Waals surface area contributed by atoms with Crippen molar-refractivity contribution in [1.82, 2.24) is 9.55 Å². The molecule has 0 spiro atoms. The second kappa shape index (κ2) is 8.73. The van der Waals surface area contributed by atoms with E-state index in [2.05, 4.69) is 4.98 Å². The first-order chi connectivity index (χ1) is 15.7. The maximum absolute atomic E-state index is 12.3. The quantitative estimate of drug-likeness (QED) is 0.297. The Labute approximate surface area is 189 Å². The lowest BCUT2D eigenvalue weighted by Crippen LogP contribution is -2.14. The lowest BCUT2D eigenvalue weighted by Gasteiger charge is -2.20. The van der Waals surface area contributed by atoms with E-state index >= 15 is 0 Å². The highest BCUT2D eigenvalue weighted by atomic mass is 35.5. The van der Waals surface area contributed by atoms with Crippen molar-refractivity contribution in [2.45, 2.75) is 12.6 Å². The van der Waals surface area contributed by atoms with Gasteiger partial charge >= 0.3 is 5.63 Å². The summed E-state index contributed by atoms with van der Waals surface area (Å²) in [5, 5.41) is 1.36. The molecule has 0 aliphatic rings. The van der Waals surface area contributed by atoms with E-state index in [4.69, 9.17) is 20.8 Å². The van der Waals surface area contributed by atoms with Crippen molar-refractivity contribution in [1.29, 1.82) is 0 Å². The van der Waals surface area contributed by atoms with E-state index in [-0.39, 0.29) is 6.10 Å². The molecule has 6 heteroatoms. The summed E-state index contributed by atoms with van der Waals surface area (Å²) in [6.45, 7) is 0.589. The Morgan fingerprint density at radius 2 is 1.78 bits per heavy atom. The van der Waals surface area contributed by atoms with Crippen molar-refractivity contribution in [3.8, 4) is 16.9 Å². The minimum Gasteiger partial charge on any atom is -0.484 e. The van der Waals surface area contributed by atoms with Gasteiger partial charge in [0.25, 0.3) is 0 Å². The first kappa shape index (κ1) is 20.1. The van der Waals surface area contributed by atoms with Crippen LogP contribution in [0.2, 0.25) is 5.02 Å². The molecule has 158 valence electrons. The molecule has 0 fully saturated rings. The molecule has 0 N–H and O–H groups in total. The lowest BCUT2D eigenvalue weighted by atomic mass is 10.0. The van der Waals surface area contributed by atoms with Crippen LogP contribution in [0.15, 0.2) is 107 Å². The zero-order chi connectivity index (χ0) is 21.9. The van der Waals surface area contributed by atoms with Crippen LogP contribution >= 0.6 is 11.6 Å². The molecule has 0 aliphatic carbocycles. The zero-order valence-corrected chi connectivity index (χ0v) is 17.8. The first-order valence-electron chi connectivity index (χ1n) is 10.2. The van der Waals surface area contributed by atoms with Gasteiger partial charge < -0.3 is 13.7 Å². The Balaban J connectivity index is 1.54. The smallest absolute Gasteiger partial charge is 0.336 e. The average molecular weight is 443 g/mol. The van der Waals surface area contributed by atoms with Crippen LogP contribution in [0.4, 0.5) is 0 Å². The number of hydrogen-bond acceptors (Lipinski definition) is 4. The van der Waals surface area contributed by atoms with Crippen LogP contribution in [0.25, 0.3) is 22.1 Å². The first-order valence-corrected chi connectivity index (χ1v) is 10.6. The molecule has 3 aromatic carbocycles. The van der Waals surface area contributed by atoms with Gasteiger partial charge in [0.05, 0.1) is 12.9 Å². The van der Waals surface area contributed by atoms with Crippen molar-refractivity contribution in [2.75, 3.05) is 0 Å². The summed E-state index contributed by atoms with van der Waals surface area (Å²) in [5.41, 5.74) is 2.55. The molecule has 5 aromatic rings. The van der Waals surface area contributed by atoms with Gasteiger partial charge in [0.1, 0.15) is 17.4 Å². The predicted molar refractivity (Wildman–Crippen MR) is 125 cm³/mol. The Morgan fingerprint density at radius 1 is 0.969 bits per heavy atom. The van der Waals surface area contributed by atoms with Crippen LogP contribution in [-0.4, -0.2) is 9.55 Å².